The summed E-state index contributed by atoms with van der Waals surface area (Å²) in [6.45, 7) is 3.61. The Morgan fingerprint density at radius 1 is 1.37 bits per heavy atom. The van der Waals surface area contributed by atoms with Crippen LogP contribution in [0.1, 0.15) is 12.0 Å². The minimum absolute atomic E-state index is 0.0374. The number of carbonyl (C=O) groups is 1. The van der Waals surface area contributed by atoms with E-state index >= 15 is 0 Å². The Bertz CT molecular complexity index is 385. The smallest absolute Gasteiger partial charge is 0.230 e. The Morgan fingerprint density at radius 3 is 2.89 bits per heavy atom. The van der Waals surface area contributed by atoms with Crippen LogP contribution in [0.3, 0.4) is 0 Å². The van der Waals surface area contributed by atoms with Gasteiger partial charge in [-0.05, 0) is 25.0 Å². The van der Waals surface area contributed by atoms with Crippen LogP contribution in [0.15, 0.2) is 29.2 Å². The predicted molar refractivity (Wildman–Crippen MR) is 77.4 cm³/mol. The van der Waals surface area contributed by atoms with Crippen molar-refractivity contribution in [3.05, 3.63) is 29.8 Å². The molecule has 5 heteroatoms. The van der Waals surface area contributed by atoms with Crippen LogP contribution < -0.4 is 5.32 Å². The number of thioether (sulfide) groups is 1. The Labute approximate surface area is 118 Å². The molecule has 0 radical (unpaired) electrons. The average Bonchev–Trinajstić information content (AvgIpc) is 2.42. The van der Waals surface area contributed by atoms with Crippen molar-refractivity contribution < 1.29 is 14.6 Å². The number of amides is 1. The number of aliphatic hydroxyl groups is 1. The molecule has 0 spiro atoms. The fourth-order valence-electron chi connectivity index (χ4n) is 1.48. The maximum atomic E-state index is 11.6. The minimum atomic E-state index is 0.0374. The normalized spacial score (nSPS) is 10.4. The third kappa shape index (κ3) is 7.20. The second-order valence-electron chi connectivity index (χ2n) is 4.09. The molecule has 0 fully saturated rings. The monoisotopic (exact) mass is 283 g/mol. The summed E-state index contributed by atoms with van der Waals surface area (Å²) in [5, 5.41) is 11.4. The lowest BCUT2D eigenvalue weighted by atomic mass is 10.2. The highest BCUT2D eigenvalue weighted by Crippen LogP contribution is 2.21. The summed E-state index contributed by atoms with van der Waals surface area (Å²) < 4.78 is 5.10. The molecule has 0 aromatic heterocycles. The number of nitrogens with one attached hydrogen (secondary N) is 1. The summed E-state index contributed by atoms with van der Waals surface area (Å²) in [7, 11) is 0. The van der Waals surface area contributed by atoms with E-state index < -0.39 is 0 Å². The van der Waals surface area contributed by atoms with Crippen LogP contribution in [0, 0.1) is 6.92 Å². The lowest BCUT2D eigenvalue weighted by molar-refractivity contribution is -0.118. The number of aliphatic hydroxyl groups excluding tert-OH is 1. The summed E-state index contributed by atoms with van der Waals surface area (Å²) >= 11 is 1.55. The molecule has 0 aliphatic rings. The highest BCUT2D eigenvalue weighted by atomic mass is 32.2. The molecule has 0 heterocycles. The highest BCUT2D eigenvalue weighted by Gasteiger charge is 2.03. The van der Waals surface area contributed by atoms with Crippen LogP contribution in [-0.2, 0) is 9.53 Å². The third-order valence-corrected chi connectivity index (χ3v) is 3.65. The van der Waals surface area contributed by atoms with E-state index in [0.717, 1.165) is 11.3 Å². The second-order valence-corrected chi connectivity index (χ2v) is 5.11. The molecule has 1 rings (SSSR count). The Kier molecular flexibility index (Phi) is 8.29. The zero-order valence-corrected chi connectivity index (χ0v) is 12.0. The number of ether oxygens (including phenoxy) is 1. The van der Waals surface area contributed by atoms with Gasteiger partial charge in [-0.15, -0.1) is 11.8 Å². The molecule has 0 aliphatic heterocycles. The predicted octanol–water partition coefficient (Wildman–Crippen LogP) is 1.60. The van der Waals surface area contributed by atoms with Crippen molar-refractivity contribution in [1.82, 2.24) is 5.32 Å². The maximum Gasteiger partial charge on any atom is 0.230 e. The van der Waals surface area contributed by atoms with Gasteiger partial charge in [-0.25, -0.2) is 0 Å². The fraction of sp³-hybridized carbons (Fsp3) is 0.500. The summed E-state index contributed by atoms with van der Waals surface area (Å²) in [4.78, 5) is 12.7. The first-order chi connectivity index (χ1) is 9.24. The quantitative estimate of drug-likeness (QED) is 0.534. The van der Waals surface area contributed by atoms with E-state index in [1.807, 2.05) is 31.2 Å². The summed E-state index contributed by atoms with van der Waals surface area (Å²) in [5.74, 6) is 0.470. The van der Waals surface area contributed by atoms with Gasteiger partial charge in [0.2, 0.25) is 5.91 Å². The molecule has 106 valence electrons. The van der Waals surface area contributed by atoms with Crippen molar-refractivity contribution in [2.45, 2.75) is 18.2 Å². The number of aryl methyl sites for hydroxylation is 1. The van der Waals surface area contributed by atoms with E-state index in [1.54, 1.807) is 11.8 Å². The lowest BCUT2D eigenvalue weighted by Gasteiger charge is -2.07. The topological polar surface area (TPSA) is 58.6 Å². The van der Waals surface area contributed by atoms with Gasteiger partial charge in [0.25, 0.3) is 0 Å². The molecule has 19 heavy (non-hydrogen) atoms. The molecule has 4 nitrogen and oxygen atoms in total. The molecular formula is C14H21NO3S. The summed E-state index contributed by atoms with van der Waals surface area (Å²) in [6.07, 6.45) is 0.765. The number of hydrogen-bond donors (Lipinski definition) is 2. The van der Waals surface area contributed by atoms with Gasteiger partial charge < -0.3 is 15.2 Å². The molecular weight excluding hydrogens is 262 g/mol. The van der Waals surface area contributed by atoms with Crippen LogP contribution in [0.2, 0.25) is 0 Å². The van der Waals surface area contributed by atoms with Crippen LogP contribution in [0.5, 0.6) is 0 Å². The Hall–Kier alpha value is -1.04. The molecule has 0 aliphatic carbocycles. The van der Waals surface area contributed by atoms with Gasteiger partial charge in [0.05, 0.1) is 19.0 Å². The van der Waals surface area contributed by atoms with E-state index in [1.165, 1.54) is 5.56 Å². The molecule has 0 atom stereocenters. The van der Waals surface area contributed by atoms with E-state index in [9.17, 15) is 4.79 Å². The summed E-state index contributed by atoms with van der Waals surface area (Å²) in [5.41, 5.74) is 1.19. The first kappa shape index (κ1) is 16.0. The number of hydrogen-bond acceptors (Lipinski definition) is 4. The zero-order chi connectivity index (χ0) is 13.9. The number of benzene rings is 1. The molecule has 0 unspecified atom stereocenters. The van der Waals surface area contributed by atoms with Crippen LogP contribution in [0.4, 0.5) is 0 Å². The second kappa shape index (κ2) is 9.83. The van der Waals surface area contributed by atoms with Gasteiger partial charge in [-0.3, -0.25) is 4.79 Å². The largest absolute Gasteiger partial charge is 0.394 e. The van der Waals surface area contributed by atoms with Crippen molar-refractivity contribution in [3.8, 4) is 0 Å². The molecule has 2 N–H and O–H groups in total. The first-order valence-electron chi connectivity index (χ1n) is 6.37. The molecule has 1 amide bonds. The van der Waals surface area contributed by atoms with Crippen LogP contribution >= 0.6 is 11.8 Å². The first-order valence-corrected chi connectivity index (χ1v) is 7.36. The van der Waals surface area contributed by atoms with Crippen molar-refractivity contribution in [1.29, 1.82) is 0 Å². The zero-order valence-electron chi connectivity index (χ0n) is 11.2. The molecule has 0 saturated carbocycles. The fourth-order valence-corrected chi connectivity index (χ4v) is 2.34. The van der Waals surface area contributed by atoms with Crippen molar-refractivity contribution >= 4 is 17.7 Å². The van der Waals surface area contributed by atoms with E-state index in [2.05, 4.69) is 5.32 Å². The van der Waals surface area contributed by atoms with Gasteiger partial charge in [-0.1, -0.05) is 18.2 Å². The van der Waals surface area contributed by atoms with Crippen molar-refractivity contribution in [2.75, 3.05) is 32.1 Å². The highest BCUT2D eigenvalue weighted by molar-refractivity contribution is 8.00. The van der Waals surface area contributed by atoms with Crippen molar-refractivity contribution in [3.63, 3.8) is 0 Å². The van der Waals surface area contributed by atoms with Crippen LogP contribution in [0.25, 0.3) is 0 Å². The standard InChI is InChI=1S/C14H21NO3S/c1-12-5-2-3-6-13(12)19-11-14(17)15-7-4-9-18-10-8-16/h2-3,5-6,16H,4,7-11H2,1H3,(H,15,17). The Balaban J connectivity index is 2.10. The SMILES string of the molecule is Cc1ccccc1SCC(=O)NCCCOCCO. The van der Waals surface area contributed by atoms with Gasteiger partial charge in [0.1, 0.15) is 0 Å². The Morgan fingerprint density at radius 2 is 2.16 bits per heavy atom. The van der Waals surface area contributed by atoms with Gasteiger partial charge in [0.15, 0.2) is 0 Å². The van der Waals surface area contributed by atoms with Crippen molar-refractivity contribution in [2.24, 2.45) is 0 Å². The van der Waals surface area contributed by atoms with Crippen LogP contribution in [-0.4, -0.2) is 43.1 Å². The average molecular weight is 283 g/mol. The van der Waals surface area contributed by atoms with E-state index in [4.69, 9.17) is 9.84 Å². The van der Waals surface area contributed by atoms with E-state index in [0.29, 0.717) is 25.5 Å². The molecule has 0 bridgehead atoms. The number of carbonyl (C=O) groups excluding carboxylic acids is 1. The van der Waals surface area contributed by atoms with Gasteiger partial charge in [0, 0.05) is 18.0 Å². The molecule has 1 aromatic rings. The third-order valence-electron chi connectivity index (χ3n) is 2.48. The lowest BCUT2D eigenvalue weighted by Crippen LogP contribution is -2.27. The molecule has 0 saturated heterocycles. The van der Waals surface area contributed by atoms with Gasteiger partial charge in [-0.2, -0.15) is 0 Å². The minimum Gasteiger partial charge on any atom is -0.394 e. The molecule has 1 aromatic carbocycles. The summed E-state index contributed by atoms with van der Waals surface area (Å²) in [6, 6.07) is 8.03. The van der Waals surface area contributed by atoms with E-state index in [-0.39, 0.29) is 12.5 Å². The maximum absolute atomic E-state index is 11.6. The van der Waals surface area contributed by atoms with Gasteiger partial charge >= 0.3 is 0 Å². The number of rotatable bonds is 9.